The van der Waals surface area contributed by atoms with Gasteiger partial charge in [0.2, 0.25) is 0 Å². The Morgan fingerprint density at radius 2 is 2.27 bits per heavy atom. The van der Waals surface area contributed by atoms with Crippen molar-refractivity contribution < 1.29 is 9.53 Å². The standard InChI is InChI=1S/C19H17BrN4O2/c1-3-9-26-16-6-4-5-14(10-16)11-21-23-19(25)18-13(2)22-17-8-7-15(20)12-24(17)18/h3-8,10-12H,1,9H2,2H3,(H,23,25). The van der Waals surface area contributed by atoms with Crippen molar-refractivity contribution in [3.63, 3.8) is 0 Å². The molecule has 26 heavy (non-hydrogen) atoms. The van der Waals surface area contributed by atoms with Gasteiger partial charge in [0, 0.05) is 10.7 Å². The van der Waals surface area contributed by atoms with Gasteiger partial charge in [-0.25, -0.2) is 10.4 Å². The molecular weight excluding hydrogens is 396 g/mol. The highest BCUT2D eigenvalue weighted by atomic mass is 79.9. The monoisotopic (exact) mass is 412 g/mol. The van der Waals surface area contributed by atoms with Crippen molar-refractivity contribution in [1.82, 2.24) is 14.8 Å². The van der Waals surface area contributed by atoms with Crippen LogP contribution in [0.15, 0.2) is 64.8 Å². The first-order valence-electron chi connectivity index (χ1n) is 7.90. The number of imidazole rings is 1. The third-order valence-electron chi connectivity index (χ3n) is 3.58. The fourth-order valence-electron chi connectivity index (χ4n) is 2.47. The molecule has 132 valence electrons. The number of halogens is 1. The number of benzene rings is 1. The number of ether oxygens (including phenoxy) is 1. The second-order valence-corrected chi connectivity index (χ2v) is 6.41. The zero-order chi connectivity index (χ0) is 18.5. The summed E-state index contributed by atoms with van der Waals surface area (Å²) in [5.41, 5.74) is 5.14. The number of hydrogen-bond donors (Lipinski definition) is 1. The van der Waals surface area contributed by atoms with Gasteiger partial charge in [-0.2, -0.15) is 5.10 Å². The first kappa shape index (κ1) is 17.9. The maximum absolute atomic E-state index is 12.5. The highest BCUT2D eigenvalue weighted by Gasteiger charge is 2.16. The van der Waals surface area contributed by atoms with E-state index in [1.165, 1.54) is 0 Å². The fourth-order valence-corrected chi connectivity index (χ4v) is 2.81. The van der Waals surface area contributed by atoms with Gasteiger partial charge in [-0.1, -0.05) is 24.8 Å². The lowest BCUT2D eigenvalue weighted by atomic mass is 10.2. The van der Waals surface area contributed by atoms with Crippen LogP contribution in [0, 0.1) is 6.92 Å². The van der Waals surface area contributed by atoms with Crippen molar-refractivity contribution in [3.05, 3.63) is 76.7 Å². The van der Waals surface area contributed by atoms with Crippen LogP contribution in [0.25, 0.3) is 5.65 Å². The number of nitrogens with one attached hydrogen (secondary N) is 1. The molecule has 6 nitrogen and oxygen atoms in total. The minimum absolute atomic E-state index is 0.330. The molecule has 3 rings (SSSR count). The maximum atomic E-state index is 12.5. The molecule has 0 saturated carbocycles. The average Bonchev–Trinajstić information content (AvgIpc) is 2.95. The summed E-state index contributed by atoms with van der Waals surface area (Å²) in [4.78, 5) is 16.9. The summed E-state index contributed by atoms with van der Waals surface area (Å²) in [5, 5.41) is 4.04. The molecule has 2 heterocycles. The van der Waals surface area contributed by atoms with E-state index >= 15 is 0 Å². The smallest absolute Gasteiger partial charge is 0.290 e. The van der Waals surface area contributed by atoms with Gasteiger partial charge in [-0.15, -0.1) is 0 Å². The van der Waals surface area contributed by atoms with Gasteiger partial charge in [0.15, 0.2) is 0 Å². The molecule has 0 saturated heterocycles. The SMILES string of the molecule is C=CCOc1cccc(C=NNC(=O)c2c(C)nc3ccc(Br)cn23)c1. The highest BCUT2D eigenvalue weighted by Crippen LogP contribution is 2.17. The predicted octanol–water partition coefficient (Wildman–Crippen LogP) is 3.73. The van der Waals surface area contributed by atoms with Crippen LogP contribution in [-0.2, 0) is 0 Å². The number of hydrazone groups is 1. The van der Waals surface area contributed by atoms with Gasteiger partial charge >= 0.3 is 0 Å². The summed E-state index contributed by atoms with van der Waals surface area (Å²) < 4.78 is 8.06. The Balaban J connectivity index is 1.75. The normalized spacial score (nSPS) is 11.0. The van der Waals surface area contributed by atoms with Gasteiger partial charge in [0.1, 0.15) is 23.7 Å². The Labute approximate surface area is 159 Å². The fraction of sp³-hybridized carbons (Fsp3) is 0.105. The van der Waals surface area contributed by atoms with Crippen molar-refractivity contribution in [2.45, 2.75) is 6.92 Å². The van der Waals surface area contributed by atoms with E-state index in [-0.39, 0.29) is 5.91 Å². The summed E-state index contributed by atoms with van der Waals surface area (Å²) >= 11 is 3.40. The topological polar surface area (TPSA) is 68.0 Å². The van der Waals surface area contributed by atoms with Gasteiger partial charge < -0.3 is 4.74 Å². The van der Waals surface area contributed by atoms with E-state index in [0.29, 0.717) is 29.4 Å². The Morgan fingerprint density at radius 3 is 3.08 bits per heavy atom. The number of amides is 1. The first-order valence-corrected chi connectivity index (χ1v) is 8.69. The van der Waals surface area contributed by atoms with Crippen molar-refractivity contribution in [1.29, 1.82) is 0 Å². The number of carbonyl (C=O) groups excluding carboxylic acids is 1. The third kappa shape index (κ3) is 4.00. The molecule has 1 N–H and O–H groups in total. The van der Waals surface area contributed by atoms with E-state index in [1.54, 1.807) is 29.8 Å². The molecule has 7 heteroatoms. The quantitative estimate of drug-likeness (QED) is 0.381. The van der Waals surface area contributed by atoms with E-state index in [2.05, 4.69) is 38.0 Å². The van der Waals surface area contributed by atoms with Crippen LogP contribution < -0.4 is 10.2 Å². The molecule has 1 aromatic carbocycles. The Morgan fingerprint density at radius 1 is 1.42 bits per heavy atom. The van der Waals surface area contributed by atoms with Crippen molar-refractivity contribution in [2.75, 3.05) is 6.61 Å². The van der Waals surface area contributed by atoms with Crippen LogP contribution in [0.5, 0.6) is 5.75 Å². The van der Waals surface area contributed by atoms with E-state index in [0.717, 1.165) is 10.0 Å². The van der Waals surface area contributed by atoms with Gasteiger partial charge in [0.05, 0.1) is 11.9 Å². The minimum atomic E-state index is -0.330. The van der Waals surface area contributed by atoms with Crippen LogP contribution in [0.4, 0.5) is 0 Å². The molecule has 0 spiro atoms. The van der Waals surface area contributed by atoms with E-state index < -0.39 is 0 Å². The van der Waals surface area contributed by atoms with Crippen molar-refractivity contribution >= 4 is 33.7 Å². The molecule has 0 atom stereocenters. The van der Waals surface area contributed by atoms with Crippen LogP contribution in [-0.4, -0.2) is 28.1 Å². The average molecular weight is 413 g/mol. The molecule has 0 aliphatic rings. The summed E-state index contributed by atoms with van der Waals surface area (Å²) in [6.45, 7) is 5.84. The summed E-state index contributed by atoms with van der Waals surface area (Å²) in [7, 11) is 0. The van der Waals surface area contributed by atoms with Gasteiger partial charge in [-0.3, -0.25) is 9.20 Å². The molecule has 2 aromatic heterocycles. The number of aryl methyl sites for hydroxylation is 1. The summed E-state index contributed by atoms with van der Waals surface area (Å²) in [5.74, 6) is 0.381. The Kier molecular flexibility index (Phi) is 5.48. The molecule has 1 amide bonds. The lowest BCUT2D eigenvalue weighted by Crippen LogP contribution is -2.20. The number of carbonyl (C=O) groups is 1. The van der Waals surface area contributed by atoms with Gasteiger partial charge in [-0.05, 0) is 52.7 Å². The lowest BCUT2D eigenvalue weighted by molar-refractivity contribution is 0.0948. The maximum Gasteiger partial charge on any atom is 0.290 e. The second kappa shape index (κ2) is 7.97. The van der Waals surface area contributed by atoms with Gasteiger partial charge in [0.25, 0.3) is 5.91 Å². The summed E-state index contributed by atoms with van der Waals surface area (Å²) in [6, 6.07) is 11.1. The van der Waals surface area contributed by atoms with Crippen molar-refractivity contribution in [3.8, 4) is 5.75 Å². The zero-order valence-corrected chi connectivity index (χ0v) is 15.7. The Bertz CT molecular complexity index is 994. The van der Waals surface area contributed by atoms with Crippen LogP contribution >= 0.6 is 15.9 Å². The second-order valence-electron chi connectivity index (χ2n) is 5.49. The van der Waals surface area contributed by atoms with Crippen LogP contribution in [0.3, 0.4) is 0 Å². The largest absolute Gasteiger partial charge is 0.490 e. The van der Waals surface area contributed by atoms with E-state index in [1.807, 2.05) is 36.4 Å². The van der Waals surface area contributed by atoms with Crippen LogP contribution in [0.2, 0.25) is 0 Å². The molecule has 0 radical (unpaired) electrons. The lowest BCUT2D eigenvalue weighted by Gasteiger charge is -2.04. The van der Waals surface area contributed by atoms with Crippen LogP contribution in [0.1, 0.15) is 21.7 Å². The number of hydrogen-bond acceptors (Lipinski definition) is 4. The first-order chi connectivity index (χ1) is 12.6. The number of rotatable bonds is 6. The number of nitrogens with zero attached hydrogens (tertiary/aromatic N) is 3. The minimum Gasteiger partial charge on any atom is -0.490 e. The predicted molar refractivity (Wildman–Crippen MR) is 105 cm³/mol. The summed E-state index contributed by atoms with van der Waals surface area (Å²) in [6.07, 6.45) is 5.04. The molecule has 3 aromatic rings. The number of aromatic nitrogens is 2. The molecule has 0 bridgehead atoms. The molecular formula is C19H17BrN4O2. The molecule has 0 fully saturated rings. The number of fused-ring (bicyclic) bond motifs is 1. The zero-order valence-electron chi connectivity index (χ0n) is 14.1. The molecule has 0 aliphatic heterocycles. The van der Waals surface area contributed by atoms with E-state index in [4.69, 9.17) is 4.74 Å². The highest BCUT2D eigenvalue weighted by molar-refractivity contribution is 9.10. The third-order valence-corrected chi connectivity index (χ3v) is 4.05. The molecule has 0 aliphatic carbocycles. The molecule has 0 unspecified atom stereocenters. The van der Waals surface area contributed by atoms with Crippen molar-refractivity contribution in [2.24, 2.45) is 5.10 Å². The van der Waals surface area contributed by atoms with E-state index in [9.17, 15) is 4.79 Å². The Hall–Kier alpha value is -2.93. The number of pyridine rings is 1.